The molecule has 0 atom stereocenters. The summed E-state index contributed by atoms with van der Waals surface area (Å²) in [6.45, 7) is 1.79. The number of hydrogen-bond acceptors (Lipinski definition) is 2. The predicted octanol–water partition coefficient (Wildman–Crippen LogP) is 4.16. The van der Waals surface area contributed by atoms with Gasteiger partial charge in [0.15, 0.2) is 11.0 Å². The van der Waals surface area contributed by atoms with Crippen molar-refractivity contribution in [2.75, 3.05) is 0 Å². The normalized spacial score (nSPS) is 11.7. The lowest BCUT2D eigenvalue weighted by Gasteiger charge is -2.04. The predicted molar refractivity (Wildman–Crippen MR) is 80.7 cm³/mol. The van der Waals surface area contributed by atoms with Crippen LogP contribution in [0.3, 0.4) is 0 Å². The lowest BCUT2D eigenvalue weighted by atomic mass is 10.1. The van der Waals surface area contributed by atoms with Gasteiger partial charge in [0.1, 0.15) is 0 Å². The van der Waals surface area contributed by atoms with Crippen molar-refractivity contribution in [3.63, 3.8) is 0 Å². The zero-order valence-corrected chi connectivity index (χ0v) is 11.4. The first-order valence-corrected chi connectivity index (χ1v) is 6.67. The maximum absolute atomic E-state index is 12.4. The van der Waals surface area contributed by atoms with Gasteiger partial charge < -0.3 is 4.42 Å². The second-order valence-electron chi connectivity index (χ2n) is 4.83. The SMILES string of the molecule is Cc1c(=O)c2ccc(Cl)cc2n2c1oc1ccccc12. The Hall–Kier alpha value is -2.26. The molecule has 0 radical (unpaired) electrons. The molecule has 0 N–H and O–H groups in total. The molecule has 98 valence electrons. The van der Waals surface area contributed by atoms with Gasteiger partial charge in [-0.05, 0) is 37.3 Å². The van der Waals surface area contributed by atoms with Crippen molar-refractivity contribution in [3.05, 3.63) is 63.3 Å². The molecule has 0 fully saturated rings. The molecule has 2 heterocycles. The molecule has 0 amide bonds. The van der Waals surface area contributed by atoms with Gasteiger partial charge in [0.2, 0.25) is 5.71 Å². The molecule has 3 nitrogen and oxygen atoms in total. The van der Waals surface area contributed by atoms with E-state index in [0.29, 0.717) is 21.7 Å². The molecule has 0 saturated carbocycles. The third-order valence-electron chi connectivity index (χ3n) is 3.62. The van der Waals surface area contributed by atoms with E-state index in [1.165, 1.54) is 0 Å². The maximum atomic E-state index is 12.4. The Morgan fingerprint density at radius 3 is 2.75 bits per heavy atom. The van der Waals surface area contributed by atoms with E-state index in [9.17, 15) is 4.79 Å². The smallest absolute Gasteiger partial charge is 0.212 e. The van der Waals surface area contributed by atoms with Crippen molar-refractivity contribution in [1.29, 1.82) is 0 Å². The van der Waals surface area contributed by atoms with Gasteiger partial charge in [-0.1, -0.05) is 23.7 Å². The van der Waals surface area contributed by atoms with Gasteiger partial charge in [-0.3, -0.25) is 9.20 Å². The van der Waals surface area contributed by atoms with E-state index < -0.39 is 0 Å². The van der Waals surface area contributed by atoms with Crippen molar-refractivity contribution in [1.82, 2.24) is 4.40 Å². The highest BCUT2D eigenvalue weighted by Gasteiger charge is 2.15. The number of aryl methyl sites for hydroxylation is 1. The Bertz CT molecular complexity index is 1040. The van der Waals surface area contributed by atoms with Gasteiger partial charge in [-0.15, -0.1) is 0 Å². The number of benzene rings is 2. The summed E-state index contributed by atoms with van der Waals surface area (Å²) in [6.07, 6.45) is 0. The minimum atomic E-state index is -0.0178. The average molecular weight is 284 g/mol. The Morgan fingerprint density at radius 1 is 1.10 bits per heavy atom. The summed E-state index contributed by atoms with van der Waals surface area (Å²) in [7, 11) is 0. The molecule has 0 bridgehead atoms. The first kappa shape index (κ1) is 11.6. The monoisotopic (exact) mass is 283 g/mol. The molecule has 0 spiro atoms. The number of aromatic nitrogens is 1. The fourth-order valence-electron chi connectivity index (χ4n) is 2.65. The van der Waals surface area contributed by atoms with Crippen LogP contribution in [0.15, 0.2) is 51.7 Å². The quantitative estimate of drug-likeness (QED) is 0.486. The zero-order chi connectivity index (χ0) is 13.9. The number of hydrogen-bond donors (Lipinski definition) is 0. The second-order valence-corrected chi connectivity index (χ2v) is 5.26. The van der Waals surface area contributed by atoms with Gasteiger partial charge >= 0.3 is 0 Å². The van der Waals surface area contributed by atoms with E-state index in [0.717, 1.165) is 16.6 Å². The number of halogens is 1. The fourth-order valence-corrected chi connectivity index (χ4v) is 2.82. The first-order valence-electron chi connectivity index (χ1n) is 6.29. The molecular weight excluding hydrogens is 274 g/mol. The largest absolute Gasteiger partial charge is 0.438 e. The minimum absolute atomic E-state index is 0.0178. The van der Waals surface area contributed by atoms with Crippen molar-refractivity contribution in [3.8, 4) is 0 Å². The van der Waals surface area contributed by atoms with Gasteiger partial charge in [0.05, 0.1) is 16.6 Å². The molecule has 4 rings (SSSR count). The topological polar surface area (TPSA) is 34.6 Å². The highest BCUT2D eigenvalue weighted by atomic mass is 35.5. The second kappa shape index (κ2) is 3.87. The lowest BCUT2D eigenvalue weighted by molar-refractivity contribution is 0.651. The van der Waals surface area contributed by atoms with Crippen LogP contribution < -0.4 is 5.43 Å². The number of fused-ring (bicyclic) bond motifs is 5. The van der Waals surface area contributed by atoms with Gasteiger partial charge in [-0.2, -0.15) is 0 Å². The van der Waals surface area contributed by atoms with Crippen LogP contribution in [-0.4, -0.2) is 4.40 Å². The molecule has 0 aliphatic rings. The zero-order valence-electron chi connectivity index (χ0n) is 10.7. The Labute approximate surface area is 119 Å². The standard InChI is InChI=1S/C16H10ClNO2/c1-9-15(19)11-7-6-10(17)8-13(11)18-12-4-2-3-5-14(12)20-16(9)18/h2-8H,1H3. The van der Waals surface area contributed by atoms with Crippen LogP contribution in [0.4, 0.5) is 0 Å². The molecular formula is C16H10ClNO2. The van der Waals surface area contributed by atoms with Crippen LogP contribution in [0.5, 0.6) is 0 Å². The molecule has 2 aromatic heterocycles. The maximum Gasteiger partial charge on any atom is 0.212 e. The van der Waals surface area contributed by atoms with Crippen molar-refractivity contribution < 1.29 is 4.42 Å². The Morgan fingerprint density at radius 2 is 1.90 bits per heavy atom. The summed E-state index contributed by atoms with van der Waals surface area (Å²) in [5.41, 5.74) is 3.62. The van der Waals surface area contributed by atoms with E-state index in [1.807, 2.05) is 28.7 Å². The average Bonchev–Trinajstić information content (AvgIpc) is 2.84. The van der Waals surface area contributed by atoms with Crippen LogP contribution in [0.25, 0.3) is 27.7 Å². The molecule has 0 saturated heterocycles. The van der Waals surface area contributed by atoms with Crippen LogP contribution >= 0.6 is 11.6 Å². The number of pyridine rings is 1. The van der Waals surface area contributed by atoms with Crippen LogP contribution in [-0.2, 0) is 0 Å². The van der Waals surface area contributed by atoms with Crippen molar-refractivity contribution >= 4 is 39.3 Å². The summed E-state index contributed by atoms with van der Waals surface area (Å²) in [6, 6.07) is 13.0. The Balaban J connectivity index is 2.45. The van der Waals surface area contributed by atoms with E-state index in [1.54, 1.807) is 25.1 Å². The molecule has 4 aromatic rings. The molecule has 0 aliphatic carbocycles. The first-order chi connectivity index (χ1) is 9.66. The van der Waals surface area contributed by atoms with Gasteiger partial charge in [0, 0.05) is 10.4 Å². The van der Waals surface area contributed by atoms with E-state index in [4.69, 9.17) is 16.0 Å². The van der Waals surface area contributed by atoms with Gasteiger partial charge in [-0.25, -0.2) is 0 Å². The third-order valence-corrected chi connectivity index (χ3v) is 3.86. The number of oxazole rings is 1. The van der Waals surface area contributed by atoms with E-state index >= 15 is 0 Å². The van der Waals surface area contributed by atoms with Crippen LogP contribution in [0, 0.1) is 6.92 Å². The molecule has 4 heteroatoms. The summed E-state index contributed by atoms with van der Waals surface area (Å²) >= 11 is 6.08. The summed E-state index contributed by atoms with van der Waals surface area (Å²) < 4.78 is 7.78. The summed E-state index contributed by atoms with van der Waals surface area (Å²) in [5, 5.41) is 1.25. The van der Waals surface area contributed by atoms with Crippen molar-refractivity contribution in [2.24, 2.45) is 0 Å². The van der Waals surface area contributed by atoms with E-state index in [2.05, 4.69) is 0 Å². The molecule has 0 aliphatic heterocycles. The summed E-state index contributed by atoms with van der Waals surface area (Å²) in [5.74, 6) is 0. The Kier molecular flexibility index (Phi) is 2.24. The van der Waals surface area contributed by atoms with Crippen LogP contribution in [0.2, 0.25) is 5.02 Å². The van der Waals surface area contributed by atoms with E-state index in [-0.39, 0.29) is 5.43 Å². The number of nitrogens with zero attached hydrogens (tertiary/aromatic N) is 1. The summed E-state index contributed by atoms with van der Waals surface area (Å²) in [4.78, 5) is 12.4. The number of rotatable bonds is 0. The molecule has 2 aromatic carbocycles. The lowest BCUT2D eigenvalue weighted by Crippen LogP contribution is -2.09. The van der Waals surface area contributed by atoms with Gasteiger partial charge in [0.25, 0.3) is 0 Å². The minimum Gasteiger partial charge on any atom is -0.438 e. The molecule has 0 unspecified atom stereocenters. The highest BCUT2D eigenvalue weighted by molar-refractivity contribution is 6.31. The fraction of sp³-hybridized carbons (Fsp3) is 0.0625. The van der Waals surface area contributed by atoms with Crippen LogP contribution in [0.1, 0.15) is 5.56 Å². The molecule has 20 heavy (non-hydrogen) atoms. The van der Waals surface area contributed by atoms with Crippen molar-refractivity contribution in [2.45, 2.75) is 6.92 Å². The number of para-hydroxylation sites is 2. The third kappa shape index (κ3) is 1.38. The highest BCUT2D eigenvalue weighted by Crippen LogP contribution is 2.27.